The van der Waals surface area contributed by atoms with E-state index >= 15 is 0 Å². The van der Waals surface area contributed by atoms with Gasteiger partial charge in [-0.2, -0.15) is 0 Å². The largest absolute Gasteiger partial charge is 1.00 e. The molecule has 1 aliphatic heterocycles. The Hall–Kier alpha value is -0.710. The molecule has 0 bridgehead atoms. The summed E-state index contributed by atoms with van der Waals surface area (Å²) < 4.78 is 9.81. The Bertz CT molecular complexity index is 404. The summed E-state index contributed by atoms with van der Waals surface area (Å²) >= 11 is 0. The van der Waals surface area contributed by atoms with Crippen molar-refractivity contribution in [3.05, 3.63) is 22.8 Å². The molecule has 0 aromatic carbocycles. The maximum absolute atomic E-state index is 11.2. The molecule has 13 heavy (non-hydrogen) atoms. The molecular formula is C8H6NNaO3. The van der Waals surface area contributed by atoms with Crippen LogP contribution in [0.25, 0.3) is 12.5 Å². The van der Waals surface area contributed by atoms with Gasteiger partial charge in [-0.1, -0.05) is 5.75 Å². The van der Waals surface area contributed by atoms with Crippen LogP contribution in [0.2, 0.25) is 0 Å². The smallest absolute Gasteiger partial charge is 0.871 e. The van der Waals surface area contributed by atoms with Crippen LogP contribution in [0.4, 0.5) is 0 Å². The molecule has 0 unspecified atom stereocenters. The molecule has 1 aromatic heterocycles. The molecule has 0 aliphatic carbocycles. The predicted molar refractivity (Wildman–Crippen MR) is 38.9 cm³/mol. The second kappa shape index (κ2) is 4.50. The normalized spacial score (nSPS) is 12.9. The SMILES string of the molecule is [Na+].[O-]c1cncc2c1=COCOC=2. The molecule has 4 nitrogen and oxygen atoms in total. The van der Waals surface area contributed by atoms with Gasteiger partial charge in [-0.05, 0) is 0 Å². The van der Waals surface area contributed by atoms with Gasteiger partial charge in [0.15, 0.2) is 0 Å². The molecule has 0 atom stereocenters. The number of hydrogen-bond acceptors (Lipinski definition) is 4. The van der Waals surface area contributed by atoms with Crippen molar-refractivity contribution in [1.29, 1.82) is 0 Å². The van der Waals surface area contributed by atoms with E-state index in [1.165, 1.54) is 18.7 Å². The standard InChI is InChI=1S/C8H7NO3.Na/c10-8-2-9-1-6-3-11-5-12-4-7(6)8;/h1-4,10H,5H2;/q;+1/p-1. The number of nitrogens with zero attached hydrogens (tertiary/aromatic N) is 1. The Morgan fingerprint density at radius 3 is 2.85 bits per heavy atom. The van der Waals surface area contributed by atoms with Gasteiger partial charge >= 0.3 is 29.6 Å². The molecule has 0 spiro atoms. The molecule has 0 fully saturated rings. The molecule has 1 aromatic rings. The third-order valence-corrected chi connectivity index (χ3v) is 1.53. The van der Waals surface area contributed by atoms with Gasteiger partial charge in [0, 0.05) is 22.8 Å². The Balaban J connectivity index is 0.000000845. The minimum atomic E-state index is -0.158. The zero-order valence-corrected chi connectivity index (χ0v) is 9.19. The summed E-state index contributed by atoms with van der Waals surface area (Å²) in [5, 5.41) is 12.3. The van der Waals surface area contributed by atoms with Crippen LogP contribution in [0.15, 0.2) is 12.4 Å². The van der Waals surface area contributed by atoms with E-state index in [9.17, 15) is 5.11 Å². The molecule has 0 saturated heterocycles. The Labute approximate surface area is 96.8 Å². The van der Waals surface area contributed by atoms with Crippen LogP contribution in [0.5, 0.6) is 5.75 Å². The molecule has 0 amide bonds. The van der Waals surface area contributed by atoms with Crippen molar-refractivity contribution >= 4 is 12.5 Å². The maximum Gasteiger partial charge on any atom is 1.00 e. The summed E-state index contributed by atoms with van der Waals surface area (Å²) in [5.74, 6) is -0.158. The third-order valence-electron chi connectivity index (χ3n) is 1.53. The topological polar surface area (TPSA) is 54.4 Å². The average molecular weight is 187 g/mol. The van der Waals surface area contributed by atoms with Crippen molar-refractivity contribution < 1.29 is 44.1 Å². The van der Waals surface area contributed by atoms with Crippen LogP contribution in [-0.2, 0) is 9.47 Å². The van der Waals surface area contributed by atoms with Crippen LogP contribution in [0.1, 0.15) is 0 Å². The van der Waals surface area contributed by atoms with Crippen LogP contribution in [0, 0.1) is 0 Å². The second-order valence-corrected chi connectivity index (χ2v) is 2.33. The molecule has 1 aliphatic rings. The van der Waals surface area contributed by atoms with Crippen molar-refractivity contribution in [3.63, 3.8) is 0 Å². The molecule has 0 saturated carbocycles. The van der Waals surface area contributed by atoms with Gasteiger partial charge in [0.25, 0.3) is 0 Å². The maximum atomic E-state index is 11.2. The minimum absolute atomic E-state index is 0. The first-order valence-electron chi connectivity index (χ1n) is 3.42. The van der Waals surface area contributed by atoms with Gasteiger partial charge in [-0.3, -0.25) is 4.98 Å². The summed E-state index contributed by atoms with van der Waals surface area (Å²) in [6, 6.07) is 0. The predicted octanol–water partition coefficient (Wildman–Crippen LogP) is -4.36. The van der Waals surface area contributed by atoms with E-state index in [2.05, 4.69) is 4.98 Å². The zero-order chi connectivity index (χ0) is 8.39. The summed E-state index contributed by atoms with van der Waals surface area (Å²) in [5.41, 5.74) is 0. The van der Waals surface area contributed by atoms with Crippen molar-refractivity contribution in [2.75, 3.05) is 6.79 Å². The van der Waals surface area contributed by atoms with Gasteiger partial charge in [-0.25, -0.2) is 0 Å². The van der Waals surface area contributed by atoms with Crippen LogP contribution in [0.3, 0.4) is 0 Å². The van der Waals surface area contributed by atoms with E-state index in [4.69, 9.17) is 9.47 Å². The van der Waals surface area contributed by atoms with Crippen LogP contribution in [-0.4, -0.2) is 11.8 Å². The van der Waals surface area contributed by atoms with E-state index in [-0.39, 0.29) is 42.1 Å². The van der Waals surface area contributed by atoms with Gasteiger partial charge < -0.3 is 14.6 Å². The van der Waals surface area contributed by atoms with Crippen molar-refractivity contribution in [2.45, 2.75) is 0 Å². The van der Waals surface area contributed by atoms with E-state index in [1.54, 1.807) is 6.20 Å². The first-order valence-corrected chi connectivity index (χ1v) is 3.42. The quantitative estimate of drug-likeness (QED) is 0.385. The first kappa shape index (κ1) is 10.4. The van der Waals surface area contributed by atoms with Gasteiger partial charge in [0.05, 0.1) is 12.5 Å². The molecule has 0 N–H and O–H groups in total. The van der Waals surface area contributed by atoms with E-state index in [0.29, 0.717) is 10.4 Å². The average Bonchev–Trinajstić information content (AvgIpc) is 2.30. The van der Waals surface area contributed by atoms with Crippen molar-refractivity contribution in [3.8, 4) is 5.75 Å². The van der Waals surface area contributed by atoms with E-state index in [0.717, 1.165) is 0 Å². The molecule has 5 heteroatoms. The number of aromatic nitrogens is 1. The summed E-state index contributed by atoms with van der Waals surface area (Å²) in [4.78, 5) is 3.74. The molecule has 2 heterocycles. The third kappa shape index (κ3) is 2.15. The van der Waals surface area contributed by atoms with E-state index < -0.39 is 0 Å². The van der Waals surface area contributed by atoms with Gasteiger partial charge in [0.2, 0.25) is 6.79 Å². The van der Waals surface area contributed by atoms with E-state index in [1.807, 2.05) is 0 Å². The number of fused-ring (bicyclic) bond motifs is 1. The summed E-state index contributed by atoms with van der Waals surface area (Å²) in [6.45, 7) is 0.133. The Morgan fingerprint density at radius 2 is 2.00 bits per heavy atom. The Morgan fingerprint density at radius 1 is 1.23 bits per heavy atom. The number of pyridine rings is 1. The fourth-order valence-electron chi connectivity index (χ4n) is 0.967. The first-order chi connectivity index (χ1) is 5.88. The molecule has 62 valence electrons. The molecule has 0 radical (unpaired) electrons. The molecular weight excluding hydrogens is 181 g/mol. The summed E-state index contributed by atoms with van der Waals surface area (Å²) in [6.07, 6.45) is 5.66. The van der Waals surface area contributed by atoms with Crippen LogP contribution < -0.4 is 45.1 Å². The van der Waals surface area contributed by atoms with Crippen molar-refractivity contribution in [1.82, 2.24) is 4.98 Å². The zero-order valence-electron chi connectivity index (χ0n) is 7.19. The van der Waals surface area contributed by atoms with Gasteiger partial charge in [-0.15, -0.1) is 0 Å². The van der Waals surface area contributed by atoms with Crippen LogP contribution >= 0.6 is 0 Å². The number of rotatable bonds is 0. The van der Waals surface area contributed by atoms with Crippen molar-refractivity contribution in [2.24, 2.45) is 0 Å². The Kier molecular flexibility index (Phi) is 3.59. The monoisotopic (exact) mass is 187 g/mol. The molecule has 2 rings (SSSR count). The fourth-order valence-corrected chi connectivity index (χ4v) is 0.967. The minimum Gasteiger partial charge on any atom is -0.871 e. The number of ether oxygens (including phenoxy) is 2. The second-order valence-electron chi connectivity index (χ2n) is 2.33. The number of hydrogen-bond donors (Lipinski definition) is 0. The fraction of sp³-hybridized carbons (Fsp3) is 0.125. The van der Waals surface area contributed by atoms with Gasteiger partial charge in [0.1, 0.15) is 0 Å². The summed E-state index contributed by atoms with van der Waals surface area (Å²) in [7, 11) is 0.